The lowest BCUT2D eigenvalue weighted by molar-refractivity contribution is 0.692. The maximum Gasteiger partial charge on any atom is 0.348 e. The van der Waals surface area contributed by atoms with E-state index in [0.29, 0.717) is 11.7 Å². The van der Waals surface area contributed by atoms with Gasteiger partial charge in [0.2, 0.25) is 0 Å². The summed E-state index contributed by atoms with van der Waals surface area (Å²) >= 11 is 5.96. The van der Waals surface area contributed by atoms with Crippen LogP contribution in [0.15, 0.2) is 29.2 Å². The predicted octanol–water partition coefficient (Wildman–Crippen LogP) is 1.96. The van der Waals surface area contributed by atoms with Gasteiger partial charge in [-0.1, -0.05) is 17.7 Å². The number of aryl methyl sites for hydroxylation is 2. The lowest BCUT2D eigenvalue weighted by atomic mass is 10.2. The first-order chi connectivity index (χ1) is 8.08. The molecule has 2 rings (SSSR count). The monoisotopic (exact) mass is 249 g/mol. The molecule has 0 aromatic carbocycles. The lowest BCUT2D eigenvalue weighted by Crippen LogP contribution is -2.26. The Balaban J connectivity index is 2.44. The van der Waals surface area contributed by atoms with Crippen LogP contribution < -0.4 is 5.69 Å². The van der Waals surface area contributed by atoms with Crippen molar-refractivity contribution in [3.63, 3.8) is 0 Å². The number of rotatable bonds is 2. The molecule has 0 spiro atoms. The number of halogens is 1. The Morgan fingerprint density at radius 2 is 2.18 bits per heavy atom. The molecule has 5 heteroatoms. The molecule has 0 saturated carbocycles. The van der Waals surface area contributed by atoms with Crippen LogP contribution in [0.2, 0.25) is 5.15 Å². The van der Waals surface area contributed by atoms with E-state index in [-0.39, 0.29) is 5.69 Å². The zero-order valence-corrected chi connectivity index (χ0v) is 10.4. The van der Waals surface area contributed by atoms with E-state index in [1.165, 1.54) is 0 Å². The Morgan fingerprint density at radius 3 is 2.82 bits per heavy atom. The highest BCUT2D eigenvalue weighted by Gasteiger charge is 2.06. The van der Waals surface area contributed by atoms with Crippen molar-refractivity contribution in [3.05, 3.63) is 57.0 Å². The summed E-state index contributed by atoms with van der Waals surface area (Å²) in [6.07, 6.45) is 1.62. The normalized spacial score (nSPS) is 10.5. The van der Waals surface area contributed by atoms with Gasteiger partial charge in [-0.2, -0.15) is 4.98 Å². The van der Waals surface area contributed by atoms with Crippen molar-refractivity contribution >= 4 is 11.6 Å². The van der Waals surface area contributed by atoms with E-state index in [1.807, 2.05) is 19.1 Å². The highest BCUT2D eigenvalue weighted by molar-refractivity contribution is 6.30. The van der Waals surface area contributed by atoms with Crippen LogP contribution in [0, 0.1) is 13.8 Å². The zero-order valence-electron chi connectivity index (χ0n) is 9.64. The quantitative estimate of drug-likeness (QED) is 0.765. The van der Waals surface area contributed by atoms with Crippen LogP contribution in [0.25, 0.3) is 0 Å². The molecule has 0 atom stereocenters. The van der Waals surface area contributed by atoms with Crippen LogP contribution >= 0.6 is 11.6 Å². The topological polar surface area (TPSA) is 47.8 Å². The lowest BCUT2D eigenvalue weighted by Gasteiger charge is -2.10. The average molecular weight is 250 g/mol. The van der Waals surface area contributed by atoms with E-state index < -0.39 is 0 Å². The molecule has 0 radical (unpaired) electrons. The number of pyridine rings is 1. The minimum Gasteiger partial charge on any atom is -0.292 e. The molecule has 2 aromatic rings. The Bertz CT molecular complexity index is 607. The fourth-order valence-electron chi connectivity index (χ4n) is 1.67. The Morgan fingerprint density at radius 1 is 1.41 bits per heavy atom. The molecule has 0 aliphatic heterocycles. The van der Waals surface area contributed by atoms with E-state index in [2.05, 4.69) is 9.97 Å². The maximum absolute atomic E-state index is 11.8. The molecule has 2 aromatic heterocycles. The van der Waals surface area contributed by atoms with Crippen LogP contribution in [-0.4, -0.2) is 14.5 Å². The minimum atomic E-state index is -0.262. The molecule has 0 amide bonds. The van der Waals surface area contributed by atoms with Crippen LogP contribution in [0.1, 0.15) is 17.0 Å². The van der Waals surface area contributed by atoms with Gasteiger partial charge in [0.05, 0.1) is 6.54 Å². The molecular formula is C12H12ClN3O. The Kier molecular flexibility index (Phi) is 3.24. The zero-order chi connectivity index (χ0) is 12.4. The number of hydrogen-bond acceptors (Lipinski definition) is 3. The molecule has 0 N–H and O–H groups in total. The van der Waals surface area contributed by atoms with E-state index in [4.69, 9.17) is 11.6 Å². The fourth-order valence-corrected chi connectivity index (χ4v) is 1.85. The third-order valence-electron chi connectivity index (χ3n) is 2.51. The van der Waals surface area contributed by atoms with Crippen LogP contribution in [-0.2, 0) is 6.54 Å². The second-order valence-corrected chi connectivity index (χ2v) is 4.22. The highest BCUT2D eigenvalue weighted by atomic mass is 35.5. The van der Waals surface area contributed by atoms with Crippen molar-refractivity contribution in [2.75, 3.05) is 0 Å². The standard InChI is InChI=1S/C12H12ClN3O/c1-8-6-9(2)16(12(17)15-8)7-10-4-3-5-14-11(10)13/h3-6H,7H2,1-2H3. The van der Waals surface area contributed by atoms with Gasteiger partial charge in [0.1, 0.15) is 5.15 Å². The SMILES string of the molecule is Cc1cc(C)n(Cc2cccnc2Cl)c(=O)n1. The Hall–Kier alpha value is -1.68. The molecule has 0 unspecified atom stereocenters. The van der Waals surface area contributed by atoms with E-state index >= 15 is 0 Å². The van der Waals surface area contributed by atoms with Gasteiger partial charge in [-0.15, -0.1) is 0 Å². The van der Waals surface area contributed by atoms with Gasteiger partial charge in [-0.05, 0) is 26.0 Å². The van der Waals surface area contributed by atoms with Gasteiger partial charge in [0, 0.05) is 23.1 Å². The molecule has 4 nitrogen and oxygen atoms in total. The van der Waals surface area contributed by atoms with Gasteiger partial charge >= 0.3 is 5.69 Å². The van der Waals surface area contributed by atoms with Crippen molar-refractivity contribution in [1.82, 2.24) is 14.5 Å². The third kappa shape index (κ3) is 2.53. The van der Waals surface area contributed by atoms with Crippen molar-refractivity contribution in [2.45, 2.75) is 20.4 Å². The third-order valence-corrected chi connectivity index (χ3v) is 2.85. The van der Waals surface area contributed by atoms with Crippen LogP contribution in [0.3, 0.4) is 0 Å². The van der Waals surface area contributed by atoms with Gasteiger partial charge in [0.25, 0.3) is 0 Å². The fraction of sp³-hybridized carbons (Fsp3) is 0.250. The largest absolute Gasteiger partial charge is 0.348 e. The molecular weight excluding hydrogens is 238 g/mol. The molecule has 88 valence electrons. The maximum atomic E-state index is 11.8. The molecule has 17 heavy (non-hydrogen) atoms. The van der Waals surface area contributed by atoms with Crippen molar-refractivity contribution < 1.29 is 0 Å². The predicted molar refractivity (Wildman–Crippen MR) is 66.3 cm³/mol. The average Bonchev–Trinajstić information content (AvgIpc) is 2.25. The molecule has 0 aliphatic rings. The van der Waals surface area contributed by atoms with Gasteiger partial charge in [-0.3, -0.25) is 4.57 Å². The van der Waals surface area contributed by atoms with Crippen molar-refractivity contribution in [1.29, 1.82) is 0 Å². The second kappa shape index (κ2) is 4.67. The molecule has 0 bridgehead atoms. The molecule has 0 fully saturated rings. The summed E-state index contributed by atoms with van der Waals surface area (Å²) in [6, 6.07) is 5.51. The summed E-state index contributed by atoms with van der Waals surface area (Å²) in [5.74, 6) is 0. The summed E-state index contributed by atoms with van der Waals surface area (Å²) in [5.41, 5.74) is 2.14. The van der Waals surface area contributed by atoms with Crippen molar-refractivity contribution in [2.24, 2.45) is 0 Å². The van der Waals surface area contributed by atoms with Gasteiger partial charge < -0.3 is 0 Å². The number of nitrogens with zero attached hydrogens (tertiary/aromatic N) is 3. The van der Waals surface area contributed by atoms with Gasteiger partial charge in [-0.25, -0.2) is 9.78 Å². The van der Waals surface area contributed by atoms with Gasteiger partial charge in [0.15, 0.2) is 0 Å². The highest BCUT2D eigenvalue weighted by Crippen LogP contribution is 2.13. The van der Waals surface area contributed by atoms with E-state index in [9.17, 15) is 4.79 Å². The first-order valence-electron chi connectivity index (χ1n) is 5.22. The van der Waals surface area contributed by atoms with Crippen LogP contribution in [0.5, 0.6) is 0 Å². The van der Waals surface area contributed by atoms with Crippen molar-refractivity contribution in [3.8, 4) is 0 Å². The molecule has 2 heterocycles. The molecule has 0 saturated heterocycles. The first-order valence-corrected chi connectivity index (χ1v) is 5.60. The summed E-state index contributed by atoms with van der Waals surface area (Å²) < 4.78 is 1.58. The Labute approximate surface area is 104 Å². The van der Waals surface area contributed by atoms with E-state index in [0.717, 1.165) is 17.0 Å². The summed E-state index contributed by atoms with van der Waals surface area (Å²) in [5, 5.41) is 0.416. The number of aromatic nitrogens is 3. The number of hydrogen-bond donors (Lipinski definition) is 0. The molecule has 0 aliphatic carbocycles. The summed E-state index contributed by atoms with van der Waals surface area (Å²) in [6.45, 7) is 4.07. The first kappa shape index (κ1) is 11.8. The van der Waals surface area contributed by atoms with Crippen LogP contribution in [0.4, 0.5) is 0 Å². The minimum absolute atomic E-state index is 0.262. The second-order valence-electron chi connectivity index (χ2n) is 3.86. The summed E-state index contributed by atoms with van der Waals surface area (Å²) in [4.78, 5) is 19.7. The smallest absolute Gasteiger partial charge is 0.292 e. The summed E-state index contributed by atoms with van der Waals surface area (Å²) in [7, 11) is 0. The van der Waals surface area contributed by atoms with E-state index in [1.54, 1.807) is 23.8 Å².